The Hall–Kier alpha value is -3.88. The van der Waals surface area contributed by atoms with Crippen LogP contribution in [0, 0.1) is 29.6 Å². The highest BCUT2D eigenvalue weighted by atomic mass is 35.5. The Kier molecular flexibility index (Phi) is 13.0. The van der Waals surface area contributed by atoms with Gasteiger partial charge in [-0.1, -0.05) is 50.6 Å². The summed E-state index contributed by atoms with van der Waals surface area (Å²) < 4.78 is 24.1. The normalized spacial score (nSPS) is 29.2. The fourth-order valence-electron chi connectivity index (χ4n) is 9.86. The summed E-state index contributed by atoms with van der Waals surface area (Å²) in [5, 5.41) is 13.2. The number of rotatable bonds is 20. The lowest BCUT2D eigenvalue weighted by Crippen LogP contribution is -2.53. The smallest absolute Gasteiger partial charge is 0.408 e. The van der Waals surface area contributed by atoms with Gasteiger partial charge in [0, 0.05) is 49.1 Å². The molecule has 2 aliphatic heterocycles. The van der Waals surface area contributed by atoms with Crippen LogP contribution in [0.2, 0.25) is 5.02 Å². The number of nitrogens with one attached hydrogen (secondary N) is 1. The number of ether oxygens (including phenoxy) is 4. The molecule has 0 radical (unpaired) electrons. The molecule has 1 aromatic heterocycles. The van der Waals surface area contributed by atoms with Crippen LogP contribution in [0.3, 0.4) is 0 Å². The number of carbonyl (C=O) groups excluding carboxylic acids is 3. The fourth-order valence-corrected chi connectivity index (χ4v) is 10.1. The highest BCUT2D eigenvalue weighted by Gasteiger charge is 2.54. The average Bonchev–Trinajstić information content (AvgIpc) is 4.18. The van der Waals surface area contributed by atoms with Crippen molar-refractivity contribution in [2.45, 2.75) is 121 Å². The number of fused-ring (bicyclic) bond motifs is 2. The molecule has 6 aliphatic rings. The highest BCUT2D eigenvalue weighted by molar-refractivity contribution is 6.36. The standard InChI is InChI=1S/C44H60ClN5O9/c1-25-31-20-28(21-32(25)31)59-44(55)48-34(8-6-4-2-3-5-7-27-19-33(27)43(53)54)42(52)50-24-29(22-36(50)41(46)51)58-38-23-35(26-9-10-26)47-40-30(38)11-12-37(39(40)45)57-18-15-49-13-16-56-17-14-49/h11-12,23,25-29,31-34,36H,2-10,13-22,24H2,1H3,(H2,46,51)(H,48,55)(H,53,54)/t25?,27-,28?,29?,31-,32+,33+,34+,36+/m1/s1. The van der Waals surface area contributed by atoms with Gasteiger partial charge in [0.2, 0.25) is 11.8 Å². The third-order valence-electron chi connectivity index (χ3n) is 13.8. The van der Waals surface area contributed by atoms with E-state index < -0.39 is 36.2 Å². The number of hydrogen-bond donors (Lipinski definition) is 3. The molecule has 9 atom stereocenters. The molecule has 322 valence electrons. The largest absolute Gasteiger partial charge is 0.491 e. The van der Waals surface area contributed by atoms with E-state index in [9.17, 15) is 24.3 Å². The average molecular weight is 838 g/mol. The second-order valence-corrected chi connectivity index (χ2v) is 18.3. The van der Waals surface area contributed by atoms with Crippen molar-refractivity contribution < 1.29 is 43.2 Å². The number of benzene rings is 1. The first kappa shape index (κ1) is 41.8. The van der Waals surface area contributed by atoms with Crippen LogP contribution in [0.1, 0.15) is 102 Å². The van der Waals surface area contributed by atoms with Crippen molar-refractivity contribution in [2.24, 2.45) is 35.3 Å². The van der Waals surface area contributed by atoms with E-state index in [1.807, 2.05) is 18.2 Å². The summed E-state index contributed by atoms with van der Waals surface area (Å²) in [5.41, 5.74) is 7.41. The van der Waals surface area contributed by atoms with E-state index in [2.05, 4.69) is 17.1 Å². The molecule has 0 spiro atoms. The highest BCUT2D eigenvalue weighted by Crippen LogP contribution is 2.57. The summed E-state index contributed by atoms with van der Waals surface area (Å²) in [6, 6.07) is 3.86. The van der Waals surface area contributed by atoms with Gasteiger partial charge in [-0.15, -0.1) is 0 Å². The predicted molar refractivity (Wildman–Crippen MR) is 219 cm³/mol. The minimum Gasteiger partial charge on any atom is -0.491 e. The first-order valence-corrected chi connectivity index (χ1v) is 22.4. The molecule has 14 nitrogen and oxygen atoms in total. The quantitative estimate of drug-likeness (QED) is 0.135. The van der Waals surface area contributed by atoms with Gasteiger partial charge in [0.25, 0.3) is 0 Å². The number of hydrogen-bond acceptors (Lipinski definition) is 10. The molecule has 3 amide bonds. The van der Waals surface area contributed by atoms with Crippen LogP contribution >= 0.6 is 11.6 Å². The molecule has 1 aromatic carbocycles. The van der Waals surface area contributed by atoms with Gasteiger partial charge in [-0.2, -0.15) is 0 Å². The van der Waals surface area contributed by atoms with Crippen LogP contribution in [0.15, 0.2) is 18.2 Å². The third-order valence-corrected chi connectivity index (χ3v) is 14.2. The van der Waals surface area contributed by atoms with Crippen molar-refractivity contribution in [3.05, 3.63) is 28.9 Å². The fraction of sp³-hybridized carbons (Fsp3) is 0.705. The molecule has 2 saturated heterocycles. The summed E-state index contributed by atoms with van der Waals surface area (Å²) in [7, 11) is 0. The number of carboxylic acid groups (broad SMARTS) is 1. The number of alkyl carbamates (subject to hydrolysis) is 1. The van der Waals surface area contributed by atoms with Crippen molar-refractivity contribution >= 4 is 46.4 Å². The summed E-state index contributed by atoms with van der Waals surface area (Å²) in [4.78, 5) is 60.5. The molecule has 6 fully saturated rings. The van der Waals surface area contributed by atoms with Crippen molar-refractivity contribution in [3.8, 4) is 11.5 Å². The minimum atomic E-state index is -0.917. The first-order chi connectivity index (χ1) is 28.5. The maximum absolute atomic E-state index is 14.4. The van der Waals surface area contributed by atoms with Gasteiger partial charge >= 0.3 is 12.1 Å². The molecule has 2 aromatic rings. The summed E-state index contributed by atoms with van der Waals surface area (Å²) in [6.07, 6.45) is 9.13. The lowest BCUT2D eigenvalue weighted by atomic mass is 10.0. The third kappa shape index (κ3) is 10.2. The van der Waals surface area contributed by atoms with E-state index in [1.54, 1.807) is 0 Å². The van der Waals surface area contributed by atoms with Crippen molar-refractivity contribution in [1.82, 2.24) is 20.1 Å². The Morgan fingerprint density at radius 1 is 1.00 bits per heavy atom. The number of likely N-dealkylation sites (tertiary alicyclic amines) is 1. The van der Waals surface area contributed by atoms with E-state index in [1.165, 1.54) is 4.90 Å². The summed E-state index contributed by atoms with van der Waals surface area (Å²) >= 11 is 6.98. The van der Waals surface area contributed by atoms with Gasteiger partial charge in [-0.3, -0.25) is 24.3 Å². The van der Waals surface area contributed by atoms with Crippen LogP contribution in [-0.4, -0.2) is 114 Å². The Labute approximate surface area is 351 Å². The van der Waals surface area contributed by atoms with Crippen LogP contribution in [0.5, 0.6) is 11.5 Å². The van der Waals surface area contributed by atoms with E-state index in [4.69, 9.17) is 41.3 Å². The lowest BCUT2D eigenvalue weighted by Gasteiger charge is -2.28. The Morgan fingerprint density at radius 3 is 2.46 bits per heavy atom. The number of morpholine rings is 1. The number of amides is 3. The molecule has 0 bridgehead atoms. The van der Waals surface area contributed by atoms with Crippen molar-refractivity contribution in [1.29, 1.82) is 0 Å². The second kappa shape index (κ2) is 18.4. The minimum absolute atomic E-state index is 0.112. The number of carbonyl (C=O) groups is 4. The second-order valence-electron chi connectivity index (χ2n) is 17.9. The predicted octanol–water partition coefficient (Wildman–Crippen LogP) is 5.90. The summed E-state index contributed by atoms with van der Waals surface area (Å²) in [5.74, 6) is 1.71. The number of nitrogens with two attached hydrogens (primary N) is 1. The zero-order valence-electron chi connectivity index (χ0n) is 34.2. The number of halogens is 1. The van der Waals surface area contributed by atoms with E-state index in [0.29, 0.717) is 89.7 Å². The molecule has 59 heavy (non-hydrogen) atoms. The lowest BCUT2D eigenvalue weighted by molar-refractivity contribution is -0.139. The first-order valence-electron chi connectivity index (χ1n) is 22.1. The van der Waals surface area contributed by atoms with Gasteiger partial charge in [-0.25, -0.2) is 4.79 Å². The molecule has 8 rings (SSSR count). The van der Waals surface area contributed by atoms with Crippen molar-refractivity contribution in [3.63, 3.8) is 0 Å². The summed E-state index contributed by atoms with van der Waals surface area (Å²) in [6.45, 7) is 6.75. The van der Waals surface area contributed by atoms with Gasteiger partial charge in [0.05, 0.1) is 31.2 Å². The Balaban J connectivity index is 0.920. The van der Waals surface area contributed by atoms with Gasteiger partial charge in [-0.05, 0) is 80.8 Å². The number of pyridine rings is 1. The van der Waals surface area contributed by atoms with E-state index in [-0.39, 0.29) is 30.9 Å². The van der Waals surface area contributed by atoms with E-state index in [0.717, 1.165) is 89.5 Å². The van der Waals surface area contributed by atoms with Gasteiger partial charge < -0.3 is 40.0 Å². The molecule has 4 N–H and O–H groups in total. The maximum Gasteiger partial charge on any atom is 0.408 e. The number of carboxylic acids is 1. The zero-order chi connectivity index (χ0) is 41.2. The topological polar surface area (TPSA) is 183 Å². The monoisotopic (exact) mass is 837 g/mol. The van der Waals surface area contributed by atoms with E-state index >= 15 is 0 Å². The number of aliphatic carboxylic acids is 1. The number of primary amides is 1. The van der Waals surface area contributed by atoms with Gasteiger partial charge in [0.1, 0.15) is 47.4 Å². The van der Waals surface area contributed by atoms with Crippen LogP contribution in [0.25, 0.3) is 10.9 Å². The molecular formula is C44H60ClN5O9. The number of aromatic nitrogens is 1. The molecule has 3 heterocycles. The Morgan fingerprint density at radius 2 is 1.75 bits per heavy atom. The molecule has 15 heteroatoms. The maximum atomic E-state index is 14.4. The zero-order valence-corrected chi connectivity index (χ0v) is 34.9. The van der Waals surface area contributed by atoms with Crippen molar-refractivity contribution in [2.75, 3.05) is 46.0 Å². The van der Waals surface area contributed by atoms with Crippen LogP contribution in [-0.2, 0) is 23.9 Å². The molecule has 4 aliphatic carbocycles. The Bertz CT molecular complexity index is 1860. The van der Waals surface area contributed by atoms with Crippen LogP contribution < -0.4 is 20.5 Å². The van der Waals surface area contributed by atoms with Gasteiger partial charge in [0.15, 0.2) is 0 Å². The number of unbranched alkanes of at least 4 members (excludes halogenated alkanes) is 4. The molecule has 3 unspecified atom stereocenters. The molecular weight excluding hydrogens is 778 g/mol. The number of nitrogens with zero attached hydrogens (tertiary/aromatic N) is 3. The van der Waals surface area contributed by atoms with Crippen LogP contribution in [0.4, 0.5) is 4.79 Å². The molecule has 4 saturated carbocycles. The SMILES string of the molecule is CC1[C@H]2CC(OC(=O)N[C@@H](CCCCCCC[C@@H]3C[C@@H]3C(=O)O)C(=O)N3CC(Oc4cc(C5CC5)nc5c(Cl)c(OCCN6CCOCC6)ccc45)C[C@H]3C(N)=O)C[C@@H]12.